The monoisotopic (exact) mass is 450 g/mol. The summed E-state index contributed by atoms with van der Waals surface area (Å²) in [6.07, 6.45) is 9.05. The van der Waals surface area contributed by atoms with E-state index in [1.165, 1.54) is 6.33 Å². The second-order valence-corrected chi connectivity index (χ2v) is 8.41. The van der Waals surface area contributed by atoms with Crippen molar-refractivity contribution in [3.8, 4) is 17.1 Å². The molecule has 9 nitrogen and oxygen atoms in total. The highest BCUT2D eigenvalue weighted by atomic mass is 16.2. The number of imidazole rings is 1. The van der Waals surface area contributed by atoms with Gasteiger partial charge in [-0.15, -0.1) is 0 Å². The third-order valence-electron chi connectivity index (χ3n) is 6.06. The predicted octanol–water partition coefficient (Wildman–Crippen LogP) is 3.36. The molecular weight excluding hydrogens is 428 g/mol. The van der Waals surface area contributed by atoms with Gasteiger partial charge >= 0.3 is 0 Å². The minimum atomic E-state index is -0.107. The summed E-state index contributed by atoms with van der Waals surface area (Å²) in [4.78, 5) is 28.3. The van der Waals surface area contributed by atoms with Gasteiger partial charge in [0.2, 0.25) is 5.91 Å². The Labute approximate surface area is 195 Å². The zero-order valence-corrected chi connectivity index (χ0v) is 18.5. The minimum absolute atomic E-state index is 0.000557. The molecule has 9 heteroatoms. The first-order chi connectivity index (χ1) is 16.6. The number of carbonyl (C=O) groups is 1. The van der Waals surface area contributed by atoms with Crippen LogP contribution in [0.3, 0.4) is 0 Å². The average molecular weight is 451 g/mol. The number of amides is 1. The van der Waals surface area contributed by atoms with Crippen molar-refractivity contribution >= 4 is 23.1 Å². The number of fused-ring (bicyclic) bond motifs is 1. The number of rotatable bonds is 5. The summed E-state index contributed by atoms with van der Waals surface area (Å²) in [6.45, 7) is 3.25. The van der Waals surface area contributed by atoms with Gasteiger partial charge in [-0.2, -0.15) is 5.10 Å². The summed E-state index contributed by atoms with van der Waals surface area (Å²) < 4.78 is 3.70. The van der Waals surface area contributed by atoms with Gasteiger partial charge in [-0.3, -0.25) is 4.79 Å². The lowest BCUT2D eigenvalue weighted by Crippen LogP contribution is -2.52. The Morgan fingerprint density at radius 1 is 1.03 bits per heavy atom. The van der Waals surface area contributed by atoms with Crippen LogP contribution in [0.25, 0.3) is 22.7 Å². The Hall–Kier alpha value is -4.53. The van der Waals surface area contributed by atoms with Crippen molar-refractivity contribution in [1.29, 1.82) is 0 Å². The summed E-state index contributed by atoms with van der Waals surface area (Å²) >= 11 is 0. The lowest BCUT2D eigenvalue weighted by Gasteiger charge is -2.39. The van der Waals surface area contributed by atoms with E-state index in [4.69, 9.17) is 4.98 Å². The molecule has 1 fully saturated rings. The van der Waals surface area contributed by atoms with Crippen LogP contribution in [0.5, 0.6) is 0 Å². The first-order valence-electron chi connectivity index (χ1n) is 11.1. The van der Waals surface area contributed by atoms with Gasteiger partial charge in [0, 0.05) is 55.2 Å². The maximum atomic E-state index is 12.9. The summed E-state index contributed by atoms with van der Waals surface area (Å²) in [7, 11) is 0. The van der Waals surface area contributed by atoms with Crippen molar-refractivity contribution in [2.75, 3.05) is 23.3 Å². The second kappa shape index (κ2) is 8.11. The molecule has 0 radical (unpaired) electrons. The van der Waals surface area contributed by atoms with Crippen molar-refractivity contribution in [2.24, 2.45) is 5.92 Å². The number of anilines is 2. The van der Waals surface area contributed by atoms with E-state index in [0.29, 0.717) is 18.9 Å². The zero-order chi connectivity index (χ0) is 23.1. The molecule has 168 valence electrons. The highest BCUT2D eigenvalue weighted by Crippen LogP contribution is 2.27. The van der Waals surface area contributed by atoms with Crippen LogP contribution < -0.4 is 10.2 Å². The maximum absolute atomic E-state index is 12.9. The molecule has 1 aromatic carbocycles. The predicted molar refractivity (Wildman–Crippen MR) is 129 cm³/mol. The van der Waals surface area contributed by atoms with Gasteiger partial charge in [-0.1, -0.05) is 18.2 Å². The molecule has 1 saturated heterocycles. The van der Waals surface area contributed by atoms with E-state index in [9.17, 15) is 4.79 Å². The molecule has 6 rings (SSSR count). The van der Waals surface area contributed by atoms with Gasteiger partial charge in [0.15, 0.2) is 5.82 Å². The standard InChI is InChI=1S/C25H22N8O/c1-17-5-3-9-31-15-21(30-24(17)31)18-6-2-7-20(11-18)29-25(34)19-13-32(14-19)22-12-23(27-16-26-22)33-10-4-8-28-33/h2-12,15-16,19H,13-14H2,1H3,(H,29,34). The average Bonchev–Trinajstić information content (AvgIpc) is 3.50. The Morgan fingerprint density at radius 3 is 2.74 bits per heavy atom. The molecule has 4 aromatic heterocycles. The Kier molecular flexibility index (Phi) is 4.80. The number of nitrogens with one attached hydrogen (secondary N) is 1. The molecule has 0 atom stereocenters. The molecule has 0 saturated carbocycles. The van der Waals surface area contributed by atoms with Crippen LogP contribution in [-0.2, 0) is 4.79 Å². The largest absolute Gasteiger partial charge is 0.355 e. The van der Waals surface area contributed by atoms with E-state index in [1.807, 2.05) is 78.4 Å². The van der Waals surface area contributed by atoms with Crippen LogP contribution in [0, 0.1) is 12.8 Å². The van der Waals surface area contributed by atoms with Gasteiger partial charge in [0.25, 0.3) is 0 Å². The molecule has 1 N–H and O–H groups in total. The molecular formula is C25H22N8O. The van der Waals surface area contributed by atoms with Crippen molar-refractivity contribution in [3.63, 3.8) is 0 Å². The van der Waals surface area contributed by atoms with E-state index < -0.39 is 0 Å². The molecule has 0 spiro atoms. The van der Waals surface area contributed by atoms with E-state index >= 15 is 0 Å². The number of aryl methyl sites for hydroxylation is 1. The van der Waals surface area contributed by atoms with E-state index in [0.717, 1.165) is 34.0 Å². The first-order valence-corrected chi connectivity index (χ1v) is 11.1. The van der Waals surface area contributed by atoms with Crippen LogP contribution in [-0.4, -0.2) is 48.1 Å². The second-order valence-electron chi connectivity index (χ2n) is 8.41. The third-order valence-corrected chi connectivity index (χ3v) is 6.06. The number of aromatic nitrogens is 6. The molecule has 0 unspecified atom stereocenters. The Balaban J connectivity index is 1.13. The number of carbonyl (C=O) groups excluding carboxylic acids is 1. The summed E-state index contributed by atoms with van der Waals surface area (Å²) in [6, 6.07) is 15.6. The van der Waals surface area contributed by atoms with Crippen molar-refractivity contribution in [3.05, 3.63) is 85.2 Å². The van der Waals surface area contributed by atoms with E-state index in [1.54, 1.807) is 10.9 Å². The van der Waals surface area contributed by atoms with Crippen molar-refractivity contribution < 1.29 is 4.79 Å². The minimum Gasteiger partial charge on any atom is -0.355 e. The smallest absolute Gasteiger partial charge is 0.231 e. The fraction of sp³-hybridized carbons (Fsp3) is 0.160. The van der Waals surface area contributed by atoms with Gasteiger partial charge in [0.05, 0.1) is 11.6 Å². The van der Waals surface area contributed by atoms with Gasteiger partial charge in [-0.25, -0.2) is 19.6 Å². The molecule has 34 heavy (non-hydrogen) atoms. The Bertz CT molecular complexity index is 1480. The fourth-order valence-electron chi connectivity index (χ4n) is 4.16. The summed E-state index contributed by atoms with van der Waals surface area (Å²) in [5, 5.41) is 7.26. The SMILES string of the molecule is Cc1cccn2cc(-c3cccc(NC(=O)C4CN(c5cc(-n6cccn6)ncn5)C4)c3)nc12. The topological polar surface area (TPSA) is 93.2 Å². The van der Waals surface area contributed by atoms with E-state index in [-0.39, 0.29) is 11.8 Å². The van der Waals surface area contributed by atoms with Crippen molar-refractivity contribution in [1.82, 2.24) is 29.1 Å². The van der Waals surface area contributed by atoms with Crippen LogP contribution in [0.4, 0.5) is 11.5 Å². The number of hydrogen-bond acceptors (Lipinski definition) is 6. The third kappa shape index (κ3) is 3.66. The van der Waals surface area contributed by atoms with Crippen LogP contribution >= 0.6 is 0 Å². The number of nitrogens with zero attached hydrogens (tertiary/aromatic N) is 7. The molecule has 0 aliphatic carbocycles. The highest BCUT2D eigenvalue weighted by molar-refractivity contribution is 5.95. The molecule has 5 aromatic rings. The van der Waals surface area contributed by atoms with Gasteiger partial charge in [0.1, 0.15) is 17.8 Å². The van der Waals surface area contributed by atoms with Crippen LogP contribution in [0.15, 0.2) is 79.6 Å². The number of hydrogen-bond donors (Lipinski definition) is 1. The normalized spacial score (nSPS) is 13.7. The number of benzene rings is 1. The molecule has 5 heterocycles. The van der Waals surface area contributed by atoms with Gasteiger partial charge < -0.3 is 14.6 Å². The molecule has 1 amide bonds. The van der Waals surface area contributed by atoms with Crippen LogP contribution in [0.2, 0.25) is 0 Å². The number of pyridine rings is 1. The summed E-state index contributed by atoms with van der Waals surface area (Å²) in [5.41, 5.74) is 4.65. The Morgan fingerprint density at radius 2 is 1.91 bits per heavy atom. The van der Waals surface area contributed by atoms with Crippen LogP contribution in [0.1, 0.15) is 5.56 Å². The molecule has 1 aliphatic heterocycles. The molecule has 1 aliphatic rings. The molecule has 0 bridgehead atoms. The lowest BCUT2D eigenvalue weighted by atomic mass is 9.99. The zero-order valence-electron chi connectivity index (χ0n) is 18.5. The van der Waals surface area contributed by atoms with Crippen molar-refractivity contribution in [2.45, 2.75) is 6.92 Å². The lowest BCUT2D eigenvalue weighted by molar-refractivity contribution is -0.120. The van der Waals surface area contributed by atoms with Gasteiger partial charge in [-0.05, 0) is 36.8 Å². The fourth-order valence-corrected chi connectivity index (χ4v) is 4.16. The van der Waals surface area contributed by atoms with E-state index in [2.05, 4.69) is 25.3 Å². The summed E-state index contributed by atoms with van der Waals surface area (Å²) in [5.74, 6) is 1.38. The highest BCUT2D eigenvalue weighted by Gasteiger charge is 2.33. The maximum Gasteiger partial charge on any atom is 0.231 e. The first kappa shape index (κ1) is 20.1. The quantitative estimate of drug-likeness (QED) is 0.441.